The molecule has 0 saturated carbocycles. The van der Waals surface area contributed by atoms with E-state index in [1.807, 2.05) is 21.1 Å². The lowest BCUT2D eigenvalue weighted by Crippen LogP contribution is -2.37. The van der Waals surface area contributed by atoms with Crippen molar-refractivity contribution in [2.75, 3.05) is 54.1 Å². The van der Waals surface area contributed by atoms with Gasteiger partial charge in [-0.3, -0.25) is 9.36 Å². The number of nitrogens with zero attached hydrogens (tertiary/aromatic N) is 1. The van der Waals surface area contributed by atoms with E-state index in [1.54, 1.807) is 0 Å². The van der Waals surface area contributed by atoms with Gasteiger partial charge < -0.3 is 27.9 Å². The molecule has 0 aromatic rings. The Kier molecular flexibility index (Phi) is 32.0. The number of allylic oxidation sites excluding steroid dienone is 6. The summed E-state index contributed by atoms with van der Waals surface area (Å²) in [5.41, 5.74) is 0. The molecule has 282 valence electrons. The molecule has 0 amide bonds. The van der Waals surface area contributed by atoms with Gasteiger partial charge in [-0.15, -0.1) is 0 Å². The number of phosphoric ester groups is 1. The number of ether oxygens (including phenoxy) is 2. The number of esters is 1. The minimum absolute atomic E-state index is 0.0241. The lowest BCUT2D eigenvalue weighted by Gasteiger charge is -2.28. The zero-order valence-electron chi connectivity index (χ0n) is 31.7. The van der Waals surface area contributed by atoms with E-state index in [-0.39, 0.29) is 25.8 Å². The highest BCUT2D eigenvalue weighted by Gasteiger charge is 2.20. The van der Waals surface area contributed by atoms with Crippen molar-refractivity contribution in [2.45, 2.75) is 155 Å². The van der Waals surface area contributed by atoms with E-state index in [2.05, 4.69) is 50.3 Å². The summed E-state index contributed by atoms with van der Waals surface area (Å²) in [6.07, 6.45) is 35.8. The molecule has 0 aromatic carbocycles. The third-order valence-electron chi connectivity index (χ3n) is 7.96. The fourth-order valence-electron chi connectivity index (χ4n) is 4.97. The summed E-state index contributed by atoms with van der Waals surface area (Å²) in [5.74, 6) is -0.346. The summed E-state index contributed by atoms with van der Waals surface area (Å²) in [6, 6.07) is 0. The van der Waals surface area contributed by atoms with Crippen LogP contribution >= 0.6 is 7.82 Å². The summed E-state index contributed by atoms with van der Waals surface area (Å²) < 4.78 is 34.4. The van der Waals surface area contributed by atoms with E-state index in [9.17, 15) is 14.3 Å². The average Bonchev–Trinajstić information content (AvgIpc) is 3.03. The Labute approximate surface area is 295 Å². The molecule has 0 saturated heterocycles. The molecule has 0 aliphatic rings. The molecule has 0 rings (SSSR count). The molecule has 0 N–H and O–H groups in total. The molecule has 0 spiro atoms. The van der Waals surface area contributed by atoms with Gasteiger partial charge in [-0.2, -0.15) is 0 Å². The number of hydrogen-bond acceptors (Lipinski definition) is 7. The first kappa shape index (κ1) is 46.7. The van der Waals surface area contributed by atoms with Crippen LogP contribution in [0.3, 0.4) is 0 Å². The van der Waals surface area contributed by atoms with Crippen molar-refractivity contribution in [2.24, 2.45) is 0 Å². The van der Waals surface area contributed by atoms with Crippen molar-refractivity contribution >= 4 is 13.8 Å². The van der Waals surface area contributed by atoms with Crippen molar-refractivity contribution in [1.82, 2.24) is 0 Å². The van der Waals surface area contributed by atoms with Gasteiger partial charge in [0.25, 0.3) is 7.82 Å². The average molecular weight is 700 g/mol. The third kappa shape index (κ3) is 36.0. The first-order chi connectivity index (χ1) is 23.1. The van der Waals surface area contributed by atoms with Crippen LogP contribution < -0.4 is 4.89 Å². The van der Waals surface area contributed by atoms with Crippen molar-refractivity contribution in [3.63, 3.8) is 0 Å². The van der Waals surface area contributed by atoms with Crippen LogP contribution in [0.1, 0.15) is 149 Å². The number of unbranched alkanes of at least 4 members (excludes halogenated alkanes) is 15. The highest BCUT2D eigenvalue weighted by atomic mass is 31.2. The maximum absolute atomic E-state index is 12.6. The summed E-state index contributed by atoms with van der Waals surface area (Å²) in [5, 5.41) is 0. The molecule has 48 heavy (non-hydrogen) atoms. The van der Waals surface area contributed by atoms with Crippen molar-refractivity contribution < 1.29 is 37.3 Å². The lowest BCUT2D eigenvalue weighted by atomic mass is 10.1. The molecule has 2 atom stereocenters. The van der Waals surface area contributed by atoms with Crippen LogP contribution in [0.5, 0.6) is 0 Å². The number of carbonyl (C=O) groups excluding carboxylic acids is 1. The lowest BCUT2D eigenvalue weighted by molar-refractivity contribution is -0.870. The molecule has 2 unspecified atom stereocenters. The highest BCUT2D eigenvalue weighted by molar-refractivity contribution is 7.45. The molecular formula is C39H74NO7P. The number of quaternary nitrogens is 1. The second-order valence-electron chi connectivity index (χ2n) is 13.9. The number of rotatable bonds is 35. The first-order valence-electron chi connectivity index (χ1n) is 19.2. The van der Waals surface area contributed by atoms with E-state index >= 15 is 0 Å². The van der Waals surface area contributed by atoms with Crippen molar-refractivity contribution in [3.05, 3.63) is 36.5 Å². The summed E-state index contributed by atoms with van der Waals surface area (Å²) in [4.78, 5) is 24.9. The van der Waals surface area contributed by atoms with Crippen LogP contribution in [0.15, 0.2) is 36.5 Å². The van der Waals surface area contributed by atoms with E-state index < -0.39 is 13.9 Å². The van der Waals surface area contributed by atoms with Crippen molar-refractivity contribution in [1.29, 1.82) is 0 Å². The van der Waals surface area contributed by atoms with E-state index in [4.69, 9.17) is 18.5 Å². The number of likely N-dealkylation sites (N-methyl/N-ethyl adjacent to an activating group) is 1. The van der Waals surface area contributed by atoms with Crippen LogP contribution in [0.25, 0.3) is 0 Å². The maximum atomic E-state index is 12.6. The predicted molar refractivity (Wildman–Crippen MR) is 199 cm³/mol. The molecule has 9 heteroatoms. The van der Waals surface area contributed by atoms with Gasteiger partial charge in [-0.1, -0.05) is 134 Å². The van der Waals surface area contributed by atoms with E-state index in [1.165, 1.54) is 70.6 Å². The van der Waals surface area contributed by atoms with Gasteiger partial charge in [-0.25, -0.2) is 0 Å². The largest absolute Gasteiger partial charge is 0.756 e. The SMILES string of the molecule is CC/C=C\C/C=C\C/C=C\CCCCCCCCCC(=O)OC(COCCCCCCCCCCC)COP(=O)([O-])OCC[N+](C)(C)C. The quantitative estimate of drug-likeness (QED) is 0.0214. The molecule has 0 fully saturated rings. The fourth-order valence-corrected chi connectivity index (χ4v) is 5.70. The van der Waals surface area contributed by atoms with Gasteiger partial charge in [0.15, 0.2) is 0 Å². The van der Waals surface area contributed by atoms with E-state index in [0.29, 0.717) is 24.1 Å². The predicted octanol–water partition coefficient (Wildman–Crippen LogP) is 10.0. The van der Waals surface area contributed by atoms with Crippen LogP contribution in [-0.4, -0.2) is 70.7 Å². The summed E-state index contributed by atoms with van der Waals surface area (Å²) in [7, 11) is 1.35. The standard InChI is InChI=1S/C39H74NO7P/c1-6-8-10-12-14-16-17-18-19-20-21-22-23-24-26-28-30-32-39(41)47-38(37-46-48(42,43)45-35-33-40(3,4)5)36-44-34-31-29-27-25-15-13-11-9-7-2/h8,10,14,16,18-19,38H,6-7,9,11-13,15,17,20-37H2,1-5H3/b10-8-,16-14-,19-18-. The zero-order valence-corrected chi connectivity index (χ0v) is 32.6. The molecule has 0 bridgehead atoms. The Morgan fingerprint density at radius 1 is 0.667 bits per heavy atom. The molecule has 0 aliphatic carbocycles. The highest BCUT2D eigenvalue weighted by Crippen LogP contribution is 2.38. The van der Waals surface area contributed by atoms with Crippen LogP contribution in [-0.2, 0) is 27.9 Å². The van der Waals surface area contributed by atoms with Gasteiger partial charge >= 0.3 is 5.97 Å². The number of carbonyl (C=O) groups is 1. The van der Waals surface area contributed by atoms with Gasteiger partial charge in [0.2, 0.25) is 0 Å². The molecular weight excluding hydrogens is 625 g/mol. The third-order valence-corrected chi connectivity index (χ3v) is 8.92. The minimum atomic E-state index is -4.51. The van der Waals surface area contributed by atoms with E-state index in [0.717, 1.165) is 57.8 Å². The fraction of sp³-hybridized carbons (Fsp3) is 0.821. The Morgan fingerprint density at radius 3 is 1.81 bits per heavy atom. The number of phosphoric acid groups is 1. The summed E-state index contributed by atoms with van der Waals surface area (Å²) >= 11 is 0. The Balaban J connectivity index is 4.27. The van der Waals surface area contributed by atoms with Gasteiger partial charge in [0.1, 0.15) is 19.3 Å². The van der Waals surface area contributed by atoms with Gasteiger partial charge in [-0.05, 0) is 44.9 Å². The zero-order chi connectivity index (χ0) is 35.6. The molecule has 8 nitrogen and oxygen atoms in total. The maximum Gasteiger partial charge on any atom is 0.306 e. The van der Waals surface area contributed by atoms with Gasteiger partial charge in [0, 0.05) is 13.0 Å². The van der Waals surface area contributed by atoms with Gasteiger partial charge in [0.05, 0.1) is 34.4 Å². The monoisotopic (exact) mass is 700 g/mol. The molecule has 0 radical (unpaired) electrons. The first-order valence-corrected chi connectivity index (χ1v) is 20.7. The van der Waals surface area contributed by atoms with Crippen LogP contribution in [0, 0.1) is 0 Å². The summed E-state index contributed by atoms with van der Waals surface area (Å²) in [6.45, 7) is 5.26. The Bertz CT molecular complexity index is 869. The molecule has 0 heterocycles. The Hall–Kier alpha value is -1.28. The van der Waals surface area contributed by atoms with Crippen LogP contribution in [0.2, 0.25) is 0 Å². The second-order valence-corrected chi connectivity index (χ2v) is 15.3. The second kappa shape index (κ2) is 32.9. The Morgan fingerprint density at radius 2 is 1.21 bits per heavy atom. The molecule has 0 aliphatic heterocycles. The van der Waals surface area contributed by atoms with Crippen molar-refractivity contribution in [3.8, 4) is 0 Å². The smallest absolute Gasteiger partial charge is 0.306 e. The molecule has 0 aromatic heterocycles. The normalized spacial score (nSPS) is 14.4. The topological polar surface area (TPSA) is 94.1 Å². The minimum Gasteiger partial charge on any atom is -0.756 e. The van der Waals surface area contributed by atoms with Crippen LogP contribution in [0.4, 0.5) is 0 Å². The number of hydrogen-bond donors (Lipinski definition) is 0.